The lowest BCUT2D eigenvalue weighted by Crippen LogP contribution is -2.38. The first-order chi connectivity index (χ1) is 22.2. The smallest absolute Gasteiger partial charge is 0.416 e. The first kappa shape index (κ1) is 32.6. The van der Waals surface area contributed by atoms with E-state index >= 15 is 0 Å². The number of amides is 1. The normalized spacial score (nSPS) is 21.7. The molecule has 47 heavy (non-hydrogen) atoms. The van der Waals surface area contributed by atoms with E-state index < -0.39 is 47.3 Å². The summed E-state index contributed by atoms with van der Waals surface area (Å²) in [5.74, 6) is 1.26. The summed E-state index contributed by atoms with van der Waals surface area (Å²) in [6.45, 7) is 3.79. The molecule has 3 aliphatic heterocycles. The molecule has 8 nitrogen and oxygen atoms in total. The second-order valence-corrected chi connectivity index (χ2v) is 12.0. The highest BCUT2D eigenvalue weighted by Crippen LogP contribution is 2.42. The van der Waals surface area contributed by atoms with Gasteiger partial charge in [-0.25, -0.2) is 9.78 Å². The molecule has 2 fully saturated rings. The van der Waals surface area contributed by atoms with Crippen LogP contribution in [-0.4, -0.2) is 73.1 Å². The fourth-order valence-electron chi connectivity index (χ4n) is 6.09. The van der Waals surface area contributed by atoms with Gasteiger partial charge < -0.3 is 14.4 Å². The number of nitrogens with zero attached hydrogens (tertiary/aromatic N) is 5. The molecule has 3 unspecified atom stereocenters. The maximum Gasteiger partial charge on any atom is 0.416 e. The van der Waals surface area contributed by atoms with Gasteiger partial charge in [-0.1, -0.05) is 6.07 Å². The summed E-state index contributed by atoms with van der Waals surface area (Å²) in [4.78, 5) is 28.2. The number of hydrogen-bond donors (Lipinski definition) is 0. The Bertz CT molecular complexity index is 1660. The van der Waals surface area contributed by atoms with E-state index in [1.807, 2.05) is 43.6 Å². The highest BCUT2D eigenvalue weighted by Gasteiger charge is 2.43. The number of aromatic nitrogens is 1. The number of hydrogen-bond acceptors (Lipinski definition) is 7. The van der Waals surface area contributed by atoms with Crippen LogP contribution in [0.3, 0.4) is 0 Å². The highest BCUT2D eigenvalue weighted by atomic mass is 19.4. The first-order valence-corrected chi connectivity index (χ1v) is 15.1. The van der Waals surface area contributed by atoms with Crippen molar-refractivity contribution in [3.63, 3.8) is 0 Å². The average Bonchev–Trinajstić information content (AvgIpc) is 3.52. The molecular weight excluding hydrogens is 628 g/mol. The second-order valence-electron chi connectivity index (χ2n) is 12.0. The lowest BCUT2D eigenvalue weighted by atomic mass is 9.96. The van der Waals surface area contributed by atoms with Gasteiger partial charge in [0.25, 0.3) is 0 Å². The van der Waals surface area contributed by atoms with Crippen molar-refractivity contribution < 1.29 is 40.6 Å². The maximum atomic E-state index is 13.6. The number of aliphatic imine (C=N–C) groups is 1. The highest BCUT2D eigenvalue weighted by molar-refractivity contribution is 5.76. The molecule has 1 amide bonds. The molecule has 0 bridgehead atoms. The number of ether oxygens (including phenoxy) is 2. The number of likely N-dealkylation sites (N-methyl/N-ethyl adjacent to an activating group) is 1. The van der Waals surface area contributed by atoms with Crippen molar-refractivity contribution in [3.8, 4) is 16.9 Å². The summed E-state index contributed by atoms with van der Waals surface area (Å²) >= 11 is 0. The Morgan fingerprint density at radius 2 is 1.66 bits per heavy atom. The number of pyridine rings is 1. The lowest BCUT2D eigenvalue weighted by molar-refractivity contribution is -0.143. The van der Waals surface area contributed by atoms with E-state index in [0.717, 1.165) is 37.2 Å². The molecule has 1 aromatic heterocycles. The largest absolute Gasteiger partial charge is 0.496 e. The lowest BCUT2D eigenvalue weighted by Gasteiger charge is -2.33. The molecule has 2 aromatic carbocycles. The molecular formula is C33H33F6N5O3. The van der Waals surface area contributed by atoms with E-state index in [0.29, 0.717) is 41.4 Å². The number of methoxy groups -OCH3 is 1. The Morgan fingerprint density at radius 3 is 2.23 bits per heavy atom. The third kappa shape index (κ3) is 6.60. The van der Waals surface area contributed by atoms with E-state index in [9.17, 15) is 31.1 Å². The molecule has 14 heteroatoms. The minimum absolute atomic E-state index is 0.0199. The topological polar surface area (TPSA) is 70.5 Å². The van der Waals surface area contributed by atoms with Gasteiger partial charge in [0.2, 0.25) is 0 Å². The van der Waals surface area contributed by atoms with E-state index in [1.54, 1.807) is 7.11 Å². The van der Waals surface area contributed by atoms with E-state index in [1.165, 1.54) is 11.8 Å². The molecule has 3 aliphatic rings. The number of carbonyl (C=O) groups is 1. The van der Waals surface area contributed by atoms with Gasteiger partial charge in [0.05, 0.1) is 36.5 Å². The van der Waals surface area contributed by atoms with Gasteiger partial charge >= 0.3 is 18.4 Å². The third-order valence-electron chi connectivity index (χ3n) is 8.92. The molecule has 0 radical (unpaired) electrons. The number of rotatable bonds is 8. The fourth-order valence-corrected chi connectivity index (χ4v) is 6.09. The molecule has 0 aliphatic carbocycles. The summed E-state index contributed by atoms with van der Waals surface area (Å²) < 4.78 is 92.8. The quantitative estimate of drug-likeness (QED) is 0.243. The number of halogens is 6. The minimum atomic E-state index is -5.04. The molecule has 2 saturated heterocycles. The molecule has 6 rings (SSSR count). The molecule has 0 spiro atoms. The van der Waals surface area contributed by atoms with Crippen LogP contribution in [0.15, 0.2) is 53.5 Å². The third-order valence-corrected chi connectivity index (χ3v) is 8.92. The van der Waals surface area contributed by atoms with Gasteiger partial charge in [-0.2, -0.15) is 26.3 Å². The van der Waals surface area contributed by atoms with Gasteiger partial charge in [0.1, 0.15) is 23.8 Å². The van der Waals surface area contributed by atoms with Crippen LogP contribution in [0, 0.1) is 0 Å². The molecule has 4 heterocycles. The number of cyclic esters (lactones) is 1. The Kier molecular flexibility index (Phi) is 8.58. The van der Waals surface area contributed by atoms with E-state index in [4.69, 9.17) is 14.5 Å². The van der Waals surface area contributed by atoms with Crippen molar-refractivity contribution in [2.45, 2.75) is 57.0 Å². The van der Waals surface area contributed by atoms with Crippen LogP contribution in [0.5, 0.6) is 5.75 Å². The Hall–Kier alpha value is -4.33. The predicted molar refractivity (Wildman–Crippen MR) is 162 cm³/mol. The monoisotopic (exact) mass is 661 g/mol. The van der Waals surface area contributed by atoms with Gasteiger partial charge in [-0.15, -0.1) is 0 Å². The van der Waals surface area contributed by atoms with E-state index in [2.05, 4.69) is 14.8 Å². The van der Waals surface area contributed by atoms with Crippen LogP contribution in [-0.2, 0) is 30.1 Å². The molecule has 0 saturated carbocycles. The predicted octanol–water partition coefficient (Wildman–Crippen LogP) is 6.97. The van der Waals surface area contributed by atoms with Crippen LogP contribution in [0.4, 0.5) is 37.0 Å². The zero-order valence-corrected chi connectivity index (χ0v) is 25.9. The zero-order valence-electron chi connectivity index (χ0n) is 25.9. The first-order valence-electron chi connectivity index (χ1n) is 15.1. The minimum Gasteiger partial charge on any atom is -0.496 e. The van der Waals surface area contributed by atoms with Crippen LogP contribution in [0.25, 0.3) is 11.1 Å². The van der Waals surface area contributed by atoms with Crippen LogP contribution in [0.1, 0.15) is 47.4 Å². The number of carbonyl (C=O) groups excluding carboxylic acids is 1. The molecule has 3 aromatic rings. The number of alkyl halides is 6. The average molecular weight is 662 g/mol. The standard InChI is InChI=1S/C33H33F6N5O3/c1-19-30(21-15-22(32(34,35)36)17-23(16-21)33(37,38)39)47-31(45)44(19)18-26-24(6-8-28(41-26)43-10-4-11-43)25-13-20(5-7-27(25)46-3)14-29-40-9-12-42(29)2/h5-9,13,15-17,19,29-30H,4,10-12,14,18H2,1-3H3. The van der Waals surface area contributed by atoms with Gasteiger partial charge in [-0.05, 0) is 74.0 Å². The van der Waals surface area contributed by atoms with Crippen molar-refractivity contribution in [1.29, 1.82) is 0 Å². The Labute approximate surface area is 267 Å². The molecule has 0 N–H and O–H groups in total. The number of anilines is 1. The van der Waals surface area contributed by atoms with Crippen LogP contribution >= 0.6 is 0 Å². The summed E-state index contributed by atoms with van der Waals surface area (Å²) in [5, 5.41) is 0. The second kappa shape index (κ2) is 12.4. The molecule has 250 valence electrons. The summed E-state index contributed by atoms with van der Waals surface area (Å²) in [6.07, 6.45) is -8.83. The Balaban J connectivity index is 1.36. The number of benzene rings is 2. The Morgan fingerprint density at radius 1 is 0.957 bits per heavy atom. The van der Waals surface area contributed by atoms with Crippen molar-refractivity contribution in [3.05, 3.63) is 76.5 Å². The summed E-state index contributed by atoms with van der Waals surface area (Å²) in [6, 6.07) is 9.91. The van der Waals surface area contributed by atoms with Crippen molar-refractivity contribution in [2.24, 2.45) is 4.99 Å². The summed E-state index contributed by atoms with van der Waals surface area (Å²) in [5.41, 5.74) is -0.492. The van der Waals surface area contributed by atoms with Gasteiger partial charge in [0.15, 0.2) is 0 Å². The molecule has 3 atom stereocenters. The SMILES string of the molecule is COc1ccc(CC2N=CCN2C)cc1-c1ccc(N2CCC2)nc1CN1C(=O)OC(c2cc(C(F)(F)F)cc(C(F)(F)F)c2)C1C. The van der Waals surface area contributed by atoms with Crippen LogP contribution in [0.2, 0.25) is 0 Å². The van der Waals surface area contributed by atoms with Crippen molar-refractivity contribution >= 4 is 18.1 Å². The van der Waals surface area contributed by atoms with E-state index in [-0.39, 0.29) is 18.8 Å². The van der Waals surface area contributed by atoms with Gasteiger partial charge in [0, 0.05) is 43.4 Å². The van der Waals surface area contributed by atoms with Gasteiger partial charge in [-0.3, -0.25) is 14.8 Å². The van der Waals surface area contributed by atoms with Crippen LogP contribution < -0.4 is 9.64 Å². The zero-order chi connectivity index (χ0) is 33.7. The fraction of sp³-hybridized carbons (Fsp3) is 0.424. The van der Waals surface area contributed by atoms with Crippen molar-refractivity contribution in [2.75, 3.05) is 38.7 Å². The maximum absolute atomic E-state index is 13.6. The summed E-state index contributed by atoms with van der Waals surface area (Å²) in [7, 11) is 3.54. The van der Waals surface area contributed by atoms with Crippen molar-refractivity contribution in [1.82, 2.24) is 14.8 Å².